The van der Waals surface area contributed by atoms with E-state index in [0.29, 0.717) is 6.54 Å². The van der Waals surface area contributed by atoms with E-state index in [1.165, 1.54) is 0 Å². The molecule has 1 unspecified atom stereocenters. The van der Waals surface area contributed by atoms with Crippen molar-refractivity contribution in [1.82, 2.24) is 16.0 Å². The van der Waals surface area contributed by atoms with E-state index in [4.69, 9.17) is 0 Å². The van der Waals surface area contributed by atoms with Gasteiger partial charge in [0, 0.05) is 25.4 Å². The van der Waals surface area contributed by atoms with E-state index in [2.05, 4.69) is 16.0 Å². The van der Waals surface area contributed by atoms with Crippen molar-refractivity contribution >= 4 is 24.2 Å². The molecule has 1 atom stereocenters. The standard InChI is InChI=1S/C11H19F2N3O2.ClH/c1-7(2)9(17)14-3-4-15-10(18)8-5-11(12,13)6-16-8;/h7-8,16H,3-6H2,1-2H3,(H,14,17)(H,15,18);1H. The van der Waals surface area contributed by atoms with Gasteiger partial charge in [0.25, 0.3) is 5.92 Å². The SMILES string of the molecule is CC(C)C(=O)NCCNC(=O)C1CC(F)(F)CN1.Cl. The third-order valence-electron chi connectivity index (χ3n) is 2.67. The zero-order valence-corrected chi connectivity index (χ0v) is 11.8. The molecule has 0 aromatic carbocycles. The van der Waals surface area contributed by atoms with Gasteiger partial charge in [-0.2, -0.15) is 0 Å². The number of hydrogen-bond donors (Lipinski definition) is 3. The van der Waals surface area contributed by atoms with Crippen LogP contribution >= 0.6 is 12.4 Å². The molecule has 0 radical (unpaired) electrons. The van der Waals surface area contributed by atoms with Crippen molar-refractivity contribution in [2.75, 3.05) is 19.6 Å². The highest BCUT2D eigenvalue weighted by Gasteiger charge is 2.42. The van der Waals surface area contributed by atoms with Crippen molar-refractivity contribution in [1.29, 1.82) is 0 Å². The fourth-order valence-electron chi connectivity index (χ4n) is 1.60. The summed E-state index contributed by atoms with van der Waals surface area (Å²) in [6.07, 6.45) is -0.475. The smallest absolute Gasteiger partial charge is 0.262 e. The zero-order valence-electron chi connectivity index (χ0n) is 11.0. The Morgan fingerprint density at radius 3 is 2.37 bits per heavy atom. The van der Waals surface area contributed by atoms with Gasteiger partial charge >= 0.3 is 0 Å². The first-order chi connectivity index (χ1) is 8.32. The largest absolute Gasteiger partial charge is 0.354 e. The predicted molar refractivity (Wildman–Crippen MR) is 69.5 cm³/mol. The molecule has 19 heavy (non-hydrogen) atoms. The van der Waals surface area contributed by atoms with E-state index in [9.17, 15) is 18.4 Å². The summed E-state index contributed by atoms with van der Waals surface area (Å²) in [5, 5.41) is 7.59. The minimum atomic E-state index is -2.81. The second-order valence-corrected chi connectivity index (χ2v) is 4.73. The van der Waals surface area contributed by atoms with Crippen LogP contribution in [0.5, 0.6) is 0 Å². The zero-order chi connectivity index (χ0) is 13.8. The molecule has 1 aliphatic heterocycles. The third kappa shape index (κ3) is 6.15. The number of hydrogen-bond acceptors (Lipinski definition) is 3. The first kappa shape index (κ1) is 18.0. The Kier molecular flexibility index (Phi) is 7.21. The van der Waals surface area contributed by atoms with Crippen LogP contribution in [0, 0.1) is 5.92 Å². The van der Waals surface area contributed by atoms with Gasteiger partial charge in [0.1, 0.15) is 0 Å². The molecule has 2 amide bonds. The number of alkyl halides is 2. The van der Waals surface area contributed by atoms with Crippen molar-refractivity contribution in [3.8, 4) is 0 Å². The monoisotopic (exact) mass is 299 g/mol. The molecule has 1 fully saturated rings. The Morgan fingerprint density at radius 2 is 1.89 bits per heavy atom. The van der Waals surface area contributed by atoms with Gasteiger partial charge in [-0.3, -0.25) is 14.9 Å². The summed E-state index contributed by atoms with van der Waals surface area (Å²) in [4.78, 5) is 22.7. The van der Waals surface area contributed by atoms with Crippen LogP contribution in [0.25, 0.3) is 0 Å². The van der Waals surface area contributed by atoms with E-state index in [1.807, 2.05) is 0 Å². The van der Waals surface area contributed by atoms with Crippen LogP contribution in [0.3, 0.4) is 0 Å². The molecule has 0 aliphatic carbocycles. The fourth-order valence-corrected chi connectivity index (χ4v) is 1.60. The van der Waals surface area contributed by atoms with Crippen molar-refractivity contribution in [3.63, 3.8) is 0 Å². The Morgan fingerprint density at radius 1 is 1.32 bits per heavy atom. The molecule has 0 aromatic heterocycles. The van der Waals surface area contributed by atoms with E-state index in [-0.39, 0.29) is 30.8 Å². The first-order valence-corrected chi connectivity index (χ1v) is 5.98. The van der Waals surface area contributed by atoms with Crippen LogP contribution in [0.15, 0.2) is 0 Å². The second kappa shape index (κ2) is 7.59. The van der Waals surface area contributed by atoms with Crippen molar-refractivity contribution < 1.29 is 18.4 Å². The summed E-state index contributed by atoms with van der Waals surface area (Å²) in [6, 6.07) is -0.846. The van der Waals surface area contributed by atoms with Gasteiger partial charge in [-0.25, -0.2) is 8.78 Å². The minimum Gasteiger partial charge on any atom is -0.354 e. The van der Waals surface area contributed by atoms with Crippen LogP contribution in [-0.4, -0.2) is 43.4 Å². The van der Waals surface area contributed by atoms with Gasteiger partial charge in [-0.1, -0.05) is 13.8 Å². The second-order valence-electron chi connectivity index (χ2n) is 4.73. The van der Waals surface area contributed by atoms with Crippen LogP contribution in [0.4, 0.5) is 8.78 Å². The van der Waals surface area contributed by atoms with Gasteiger partial charge in [0.2, 0.25) is 11.8 Å². The first-order valence-electron chi connectivity index (χ1n) is 5.98. The van der Waals surface area contributed by atoms with Crippen LogP contribution < -0.4 is 16.0 Å². The summed E-state index contributed by atoms with van der Waals surface area (Å²) in [5.74, 6) is -3.48. The molecule has 112 valence electrons. The van der Waals surface area contributed by atoms with Gasteiger partial charge in [-0.05, 0) is 0 Å². The highest BCUT2D eigenvalue weighted by Crippen LogP contribution is 2.24. The van der Waals surface area contributed by atoms with E-state index in [1.54, 1.807) is 13.8 Å². The van der Waals surface area contributed by atoms with Crippen LogP contribution in [0.1, 0.15) is 20.3 Å². The fraction of sp³-hybridized carbons (Fsp3) is 0.818. The molecular formula is C11H20ClF2N3O2. The summed E-state index contributed by atoms with van der Waals surface area (Å²) < 4.78 is 25.7. The van der Waals surface area contributed by atoms with Crippen molar-refractivity contribution in [2.45, 2.75) is 32.2 Å². The molecule has 0 spiro atoms. The molecule has 8 heteroatoms. The molecule has 1 heterocycles. The van der Waals surface area contributed by atoms with Crippen LogP contribution in [0.2, 0.25) is 0 Å². The molecule has 1 rings (SSSR count). The average molecular weight is 300 g/mol. The lowest BCUT2D eigenvalue weighted by Crippen LogP contribution is -2.43. The normalized spacial score (nSPS) is 20.8. The van der Waals surface area contributed by atoms with Gasteiger partial charge in [0.15, 0.2) is 0 Å². The van der Waals surface area contributed by atoms with Gasteiger partial charge in [-0.15, -0.1) is 12.4 Å². The molecule has 0 aromatic rings. The number of halogens is 3. The number of amides is 2. The maximum Gasteiger partial charge on any atom is 0.262 e. The Bertz CT molecular complexity index is 327. The molecule has 1 aliphatic rings. The molecular weight excluding hydrogens is 280 g/mol. The Hall–Kier alpha value is -0.950. The summed E-state index contributed by atoms with van der Waals surface area (Å²) >= 11 is 0. The molecule has 5 nitrogen and oxygen atoms in total. The number of carbonyl (C=O) groups excluding carboxylic acids is 2. The maximum atomic E-state index is 12.8. The lowest BCUT2D eigenvalue weighted by Gasteiger charge is -2.12. The molecule has 1 saturated heterocycles. The molecule has 0 bridgehead atoms. The predicted octanol–water partition coefficient (Wildman–Crippen LogP) is 0.294. The lowest BCUT2D eigenvalue weighted by atomic mass is 10.2. The van der Waals surface area contributed by atoms with Gasteiger partial charge < -0.3 is 10.6 Å². The average Bonchev–Trinajstić information content (AvgIpc) is 2.64. The van der Waals surface area contributed by atoms with Crippen molar-refractivity contribution in [3.05, 3.63) is 0 Å². The third-order valence-corrected chi connectivity index (χ3v) is 2.67. The lowest BCUT2D eigenvalue weighted by molar-refractivity contribution is -0.125. The highest BCUT2D eigenvalue weighted by molar-refractivity contribution is 5.85. The Labute approximate surface area is 117 Å². The summed E-state index contributed by atoms with van der Waals surface area (Å²) in [6.45, 7) is 3.60. The molecule has 0 saturated carbocycles. The summed E-state index contributed by atoms with van der Waals surface area (Å²) in [7, 11) is 0. The topological polar surface area (TPSA) is 70.2 Å². The number of nitrogens with one attached hydrogen (secondary N) is 3. The minimum absolute atomic E-state index is 0. The van der Waals surface area contributed by atoms with Crippen LogP contribution in [-0.2, 0) is 9.59 Å². The van der Waals surface area contributed by atoms with Gasteiger partial charge in [0.05, 0.1) is 12.6 Å². The highest BCUT2D eigenvalue weighted by atomic mass is 35.5. The number of rotatable bonds is 5. The van der Waals surface area contributed by atoms with Crippen molar-refractivity contribution in [2.24, 2.45) is 5.92 Å². The maximum absolute atomic E-state index is 12.8. The number of carbonyl (C=O) groups is 2. The Balaban J connectivity index is 0.00000324. The van der Waals surface area contributed by atoms with E-state index < -0.39 is 30.8 Å². The summed E-state index contributed by atoms with van der Waals surface area (Å²) in [5.41, 5.74) is 0. The molecule has 3 N–H and O–H groups in total. The quantitative estimate of drug-likeness (QED) is 0.639. The van der Waals surface area contributed by atoms with E-state index in [0.717, 1.165) is 0 Å². The van der Waals surface area contributed by atoms with E-state index >= 15 is 0 Å².